The predicted molar refractivity (Wildman–Crippen MR) is 69.1 cm³/mol. The standard InChI is InChI=1S/C13H15NO5/c1-9-5-4-6-11(14(16)17)12(9)19-8-7-10(2)13(15)18-3/h4-7H,8H2,1-3H3/b10-7+. The Morgan fingerprint density at radius 1 is 1.47 bits per heavy atom. The lowest BCUT2D eigenvalue weighted by molar-refractivity contribution is -0.385. The Hall–Kier alpha value is -2.37. The van der Waals surface area contributed by atoms with Gasteiger partial charge in [0.2, 0.25) is 0 Å². The molecular formula is C13H15NO5. The summed E-state index contributed by atoms with van der Waals surface area (Å²) in [5, 5.41) is 10.9. The second-order valence-corrected chi connectivity index (χ2v) is 3.87. The average Bonchev–Trinajstić information content (AvgIpc) is 2.39. The van der Waals surface area contributed by atoms with Gasteiger partial charge in [-0.25, -0.2) is 4.79 Å². The zero-order valence-corrected chi connectivity index (χ0v) is 11.0. The fraction of sp³-hybridized carbons (Fsp3) is 0.308. The van der Waals surface area contributed by atoms with E-state index >= 15 is 0 Å². The van der Waals surface area contributed by atoms with Gasteiger partial charge in [0.05, 0.1) is 12.0 Å². The molecule has 0 N–H and O–H groups in total. The van der Waals surface area contributed by atoms with Gasteiger partial charge < -0.3 is 9.47 Å². The van der Waals surface area contributed by atoms with Gasteiger partial charge in [0, 0.05) is 11.6 Å². The molecule has 0 bridgehead atoms. The van der Waals surface area contributed by atoms with E-state index in [9.17, 15) is 14.9 Å². The normalized spacial score (nSPS) is 11.0. The third kappa shape index (κ3) is 3.80. The maximum atomic E-state index is 11.1. The van der Waals surface area contributed by atoms with E-state index in [-0.39, 0.29) is 18.0 Å². The number of para-hydroxylation sites is 1. The Morgan fingerprint density at radius 2 is 2.16 bits per heavy atom. The van der Waals surface area contributed by atoms with Crippen LogP contribution in [0.5, 0.6) is 5.75 Å². The first-order chi connectivity index (χ1) is 8.97. The van der Waals surface area contributed by atoms with Gasteiger partial charge in [-0.15, -0.1) is 0 Å². The largest absolute Gasteiger partial charge is 0.482 e. The van der Waals surface area contributed by atoms with Crippen molar-refractivity contribution >= 4 is 11.7 Å². The molecule has 0 heterocycles. The summed E-state index contributed by atoms with van der Waals surface area (Å²) in [6.07, 6.45) is 1.52. The van der Waals surface area contributed by atoms with Crippen LogP contribution >= 0.6 is 0 Å². The van der Waals surface area contributed by atoms with Gasteiger partial charge in [0.15, 0.2) is 5.75 Å². The van der Waals surface area contributed by atoms with Crippen LogP contribution in [0.25, 0.3) is 0 Å². The molecular weight excluding hydrogens is 250 g/mol. The van der Waals surface area contributed by atoms with E-state index < -0.39 is 10.9 Å². The first-order valence-corrected chi connectivity index (χ1v) is 5.59. The summed E-state index contributed by atoms with van der Waals surface area (Å²) in [7, 11) is 1.28. The Kier molecular flexibility index (Phi) is 5.05. The number of methoxy groups -OCH3 is 1. The van der Waals surface area contributed by atoms with Gasteiger partial charge in [-0.05, 0) is 25.5 Å². The van der Waals surface area contributed by atoms with Crippen molar-refractivity contribution in [1.82, 2.24) is 0 Å². The van der Waals surface area contributed by atoms with E-state index in [0.29, 0.717) is 11.1 Å². The van der Waals surface area contributed by atoms with Crippen molar-refractivity contribution in [3.05, 3.63) is 45.5 Å². The van der Waals surface area contributed by atoms with E-state index in [1.165, 1.54) is 19.3 Å². The smallest absolute Gasteiger partial charge is 0.333 e. The number of hydrogen-bond acceptors (Lipinski definition) is 5. The quantitative estimate of drug-likeness (QED) is 0.353. The number of nitro groups is 1. The Balaban J connectivity index is 2.84. The van der Waals surface area contributed by atoms with Crippen LogP contribution in [0.4, 0.5) is 5.69 Å². The van der Waals surface area contributed by atoms with Crippen LogP contribution in [0.1, 0.15) is 12.5 Å². The molecule has 1 aromatic rings. The number of nitrogens with zero attached hydrogens (tertiary/aromatic N) is 1. The van der Waals surface area contributed by atoms with Gasteiger partial charge in [-0.3, -0.25) is 10.1 Å². The summed E-state index contributed by atoms with van der Waals surface area (Å²) in [6.45, 7) is 3.37. The first kappa shape index (κ1) is 14.7. The second-order valence-electron chi connectivity index (χ2n) is 3.87. The monoisotopic (exact) mass is 265 g/mol. The van der Waals surface area contributed by atoms with Crippen molar-refractivity contribution in [2.24, 2.45) is 0 Å². The molecule has 0 radical (unpaired) electrons. The lowest BCUT2D eigenvalue weighted by Crippen LogP contribution is -2.05. The zero-order chi connectivity index (χ0) is 14.4. The predicted octanol–water partition coefficient (Wildman–Crippen LogP) is 2.40. The van der Waals surface area contributed by atoms with E-state index in [1.54, 1.807) is 26.0 Å². The molecule has 0 saturated carbocycles. The van der Waals surface area contributed by atoms with Gasteiger partial charge in [0.25, 0.3) is 0 Å². The molecule has 0 fully saturated rings. The Morgan fingerprint density at radius 3 is 2.74 bits per heavy atom. The topological polar surface area (TPSA) is 78.7 Å². The van der Waals surface area contributed by atoms with E-state index in [2.05, 4.69) is 4.74 Å². The van der Waals surface area contributed by atoms with Gasteiger partial charge in [-0.2, -0.15) is 0 Å². The van der Waals surface area contributed by atoms with E-state index in [0.717, 1.165) is 0 Å². The van der Waals surface area contributed by atoms with Crippen molar-refractivity contribution in [2.75, 3.05) is 13.7 Å². The highest BCUT2D eigenvalue weighted by molar-refractivity contribution is 5.87. The van der Waals surface area contributed by atoms with Crippen LogP contribution in [-0.4, -0.2) is 24.6 Å². The molecule has 0 aliphatic carbocycles. The van der Waals surface area contributed by atoms with Crippen LogP contribution < -0.4 is 4.74 Å². The Labute approximate surface area is 110 Å². The van der Waals surface area contributed by atoms with Gasteiger partial charge >= 0.3 is 11.7 Å². The lowest BCUT2D eigenvalue weighted by atomic mass is 10.2. The maximum Gasteiger partial charge on any atom is 0.333 e. The van der Waals surface area contributed by atoms with Crippen LogP contribution in [0.15, 0.2) is 29.8 Å². The highest BCUT2D eigenvalue weighted by Crippen LogP contribution is 2.30. The lowest BCUT2D eigenvalue weighted by Gasteiger charge is -2.07. The molecule has 19 heavy (non-hydrogen) atoms. The molecule has 6 nitrogen and oxygen atoms in total. The van der Waals surface area contributed by atoms with Gasteiger partial charge in [0.1, 0.15) is 6.61 Å². The third-order valence-electron chi connectivity index (χ3n) is 2.51. The summed E-state index contributed by atoms with van der Waals surface area (Å²) < 4.78 is 9.90. The molecule has 1 aromatic carbocycles. The minimum absolute atomic E-state index is 0.0621. The highest BCUT2D eigenvalue weighted by atomic mass is 16.6. The number of carbonyl (C=O) groups is 1. The van der Waals surface area contributed by atoms with Crippen molar-refractivity contribution in [3.63, 3.8) is 0 Å². The van der Waals surface area contributed by atoms with Crippen molar-refractivity contribution in [1.29, 1.82) is 0 Å². The number of aryl methyl sites for hydroxylation is 1. The highest BCUT2D eigenvalue weighted by Gasteiger charge is 2.16. The van der Waals surface area contributed by atoms with Crippen LogP contribution in [0.2, 0.25) is 0 Å². The molecule has 0 amide bonds. The molecule has 1 rings (SSSR count). The second kappa shape index (κ2) is 6.53. The number of hydrogen-bond donors (Lipinski definition) is 0. The minimum atomic E-state index is -0.501. The molecule has 0 atom stereocenters. The summed E-state index contributed by atoms with van der Waals surface area (Å²) >= 11 is 0. The minimum Gasteiger partial charge on any atom is -0.482 e. The zero-order valence-electron chi connectivity index (χ0n) is 11.0. The molecule has 6 heteroatoms. The number of esters is 1. The van der Waals surface area contributed by atoms with Crippen LogP contribution in [0, 0.1) is 17.0 Å². The molecule has 0 aliphatic rings. The summed E-state index contributed by atoms with van der Waals surface area (Å²) in [5.41, 5.74) is 0.959. The number of rotatable bonds is 5. The number of ether oxygens (including phenoxy) is 2. The summed E-state index contributed by atoms with van der Waals surface area (Å²) in [5.74, 6) is -0.246. The fourth-order valence-corrected chi connectivity index (χ4v) is 1.46. The first-order valence-electron chi connectivity index (χ1n) is 5.59. The van der Waals surface area contributed by atoms with Crippen LogP contribution in [0.3, 0.4) is 0 Å². The van der Waals surface area contributed by atoms with Gasteiger partial charge in [-0.1, -0.05) is 12.1 Å². The van der Waals surface area contributed by atoms with E-state index in [1.807, 2.05) is 0 Å². The number of nitro benzene ring substituents is 1. The fourth-order valence-electron chi connectivity index (χ4n) is 1.46. The average molecular weight is 265 g/mol. The molecule has 0 aliphatic heterocycles. The SMILES string of the molecule is COC(=O)/C(C)=C/COc1c(C)cccc1[N+](=O)[O-]. The molecule has 0 saturated heterocycles. The van der Waals surface area contributed by atoms with E-state index in [4.69, 9.17) is 4.74 Å². The Bertz CT molecular complexity index is 522. The molecule has 0 spiro atoms. The molecule has 102 valence electrons. The van der Waals surface area contributed by atoms with Crippen molar-refractivity contribution in [3.8, 4) is 5.75 Å². The molecule has 0 unspecified atom stereocenters. The van der Waals surface area contributed by atoms with Crippen molar-refractivity contribution in [2.45, 2.75) is 13.8 Å². The van der Waals surface area contributed by atoms with Crippen molar-refractivity contribution < 1.29 is 19.2 Å². The number of carbonyl (C=O) groups excluding carboxylic acids is 1. The van der Waals surface area contributed by atoms with Crippen LogP contribution in [-0.2, 0) is 9.53 Å². The maximum absolute atomic E-state index is 11.1. The summed E-state index contributed by atoms with van der Waals surface area (Å²) in [6, 6.07) is 4.69. The third-order valence-corrected chi connectivity index (χ3v) is 2.51. The summed E-state index contributed by atoms with van der Waals surface area (Å²) in [4.78, 5) is 21.5. The molecule has 0 aromatic heterocycles. The number of benzene rings is 1.